The normalized spacial score (nSPS) is 23.8. The summed E-state index contributed by atoms with van der Waals surface area (Å²) < 4.78 is 38.7. The number of carbonyl (C=O) groups is 2. The Hall–Kier alpha value is -2.87. The minimum Gasteiger partial charge on any atom is -0.478 e. The fraction of sp³-hybridized carbons (Fsp3) is 0.364. The molecular formula is C22H21F3N2O3. The van der Waals surface area contributed by atoms with Gasteiger partial charge in [-0.15, -0.1) is 0 Å². The molecule has 30 heavy (non-hydrogen) atoms. The van der Waals surface area contributed by atoms with Crippen molar-refractivity contribution in [3.05, 3.63) is 70.8 Å². The highest BCUT2D eigenvalue weighted by molar-refractivity contribution is 5.96. The van der Waals surface area contributed by atoms with Crippen LogP contribution in [0.25, 0.3) is 0 Å². The zero-order valence-electron chi connectivity index (χ0n) is 16.0. The van der Waals surface area contributed by atoms with Crippen LogP contribution in [0.1, 0.15) is 44.2 Å². The molecule has 2 aromatic rings. The topological polar surface area (TPSA) is 69.6 Å². The summed E-state index contributed by atoms with van der Waals surface area (Å²) >= 11 is 0. The van der Waals surface area contributed by atoms with Gasteiger partial charge in [-0.3, -0.25) is 4.79 Å². The standard InChI is InChI=1S/C22H21F3N2O3/c23-22(24,25)16-7-5-13(6-8-16)18-12-27(19-9-10-26-11-17(18)19)20(28)14-1-3-15(4-2-14)21(29)30/h1-8,17-19,26H,9-12H2,(H,29,30)/t17-,18-,19-/m1/s1. The van der Waals surface area contributed by atoms with E-state index in [1.807, 2.05) is 0 Å². The second-order valence-corrected chi connectivity index (χ2v) is 7.79. The first kappa shape index (κ1) is 20.4. The number of nitrogens with one attached hydrogen (secondary N) is 1. The Balaban J connectivity index is 1.59. The summed E-state index contributed by atoms with van der Waals surface area (Å²) in [5, 5.41) is 12.4. The molecule has 2 N–H and O–H groups in total. The van der Waals surface area contributed by atoms with Gasteiger partial charge in [-0.25, -0.2) is 4.79 Å². The highest BCUT2D eigenvalue weighted by Gasteiger charge is 2.45. The van der Waals surface area contributed by atoms with E-state index < -0.39 is 17.7 Å². The molecule has 2 saturated heterocycles. The monoisotopic (exact) mass is 418 g/mol. The molecule has 1 amide bonds. The zero-order chi connectivity index (χ0) is 21.5. The van der Waals surface area contributed by atoms with Gasteiger partial charge in [-0.1, -0.05) is 12.1 Å². The Morgan fingerprint density at radius 1 is 1.00 bits per heavy atom. The number of piperidine rings is 1. The van der Waals surface area contributed by atoms with Crippen molar-refractivity contribution in [2.45, 2.75) is 24.6 Å². The maximum absolute atomic E-state index is 13.2. The molecule has 0 aromatic heterocycles. The number of carboxylic acid groups (broad SMARTS) is 1. The van der Waals surface area contributed by atoms with Gasteiger partial charge in [-0.2, -0.15) is 13.2 Å². The average molecular weight is 418 g/mol. The Morgan fingerprint density at radius 3 is 2.23 bits per heavy atom. The summed E-state index contributed by atoms with van der Waals surface area (Å²) in [6.07, 6.45) is -3.62. The highest BCUT2D eigenvalue weighted by Crippen LogP contribution is 2.41. The van der Waals surface area contributed by atoms with Gasteiger partial charge in [0.15, 0.2) is 0 Å². The van der Waals surface area contributed by atoms with Crippen molar-refractivity contribution in [3.63, 3.8) is 0 Å². The number of aromatic carboxylic acids is 1. The van der Waals surface area contributed by atoms with Gasteiger partial charge in [-0.05, 0) is 54.9 Å². The number of likely N-dealkylation sites (tertiary alicyclic amines) is 1. The SMILES string of the molecule is O=C(O)c1ccc(C(=O)N2C[C@H](c3ccc(C(F)(F)F)cc3)[C@H]3CNCC[C@H]32)cc1. The lowest BCUT2D eigenvalue weighted by Crippen LogP contribution is -2.46. The minimum absolute atomic E-state index is 0.00908. The molecule has 158 valence electrons. The van der Waals surface area contributed by atoms with Gasteiger partial charge in [0.1, 0.15) is 0 Å². The summed E-state index contributed by atoms with van der Waals surface area (Å²) in [7, 11) is 0. The number of benzene rings is 2. The van der Waals surface area contributed by atoms with Crippen LogP contribution in [-0.2, 0) is 6.18 Å². The molecular weight excluding hydrogens is 397 g/mol. The first-order valence-electron chi connectivity index (χ1n) is 9.78. The molecule has 3 atom stereocenters. The summed E-state index contributed by atoms with van der Waals surface area (Å²) in [4.78, 5) is 26.0. The van der Waals surface area contributed by atoms with Gasteiger partial charge in [0.05, 0.1) is 11.1 Å². The zero-order valence-corrected chi connectivity index (χ0v) is 16.0. The van der Waals surface area contributed by atoms with Crippen molar-refractivity contribution in [1.82, 2.24) is 10.2 Å². The van der Waals surface area contributed by atoms with Crippen LogP contribution in [0, 0.1) is 5.92 Å². The van der Waals surface area contributed by atoms with E-state index in [-0.39, 0.29) is 29.3 Å². The smallest absolute Gasteiger partial charge is 0.416 e. The first-order valence-corrected chi connectivity index (χ1v) is 9.78. The molecule has 2 aliphatic rings. The van der Waals surface area contributed by atoms with Crippen molar-refractivity contribution in [3.8, 4) is 0 Å². The lowest BCUT2D eigenvalue weighted by molar-refractivity contribution is -0.137. The van der Waals surface area contributed by atoms with Crippen LogP contribution < -0.4 is 5.32 Å². The summed E-state index contributed by atoms with van der Waals surface area (Å²) in [5.74, 6) is -1.20. The fourth-order valence-electron chi connectivity index (χ4n) is 4.58. The molecule has 0 spiro atoms. The Morgan fingerprint density at radius 2 is 1.63 bits per heavy atom. The molecule has 5 nitrogen and oxygen atoms in total. The number of hydrogen-bond acceptors (Lipinski definition) is 3. The quantitative estimate of drug-likeness (QED) is 0.799. The van der Waals surface area contributed by atoms with Crippen LogP contribution >= 0.6 is 0 Å². The summed E-state index contributed by atoms with van der Waals surface area (Å²) in [6, 6.07) is 11.0. The maximum atomic E-state index is 13.2. The number of rotatable bonds is 3. The molecule has 8 heteroatoms. The summed E-state index contributed by atoms with van der Waals surface area (Å²) in [5.41, 5.74) is 0.618. The third-order valence-electron chi connectivity index (χ3n) is 6.11. The molecule has 2 heterocycles. The number of alkyl halides is 3. The van der Waals surface area contributed by atoms with Crippen LogP contribution in [0.5, 0.6) is 0 Å². The molecule has 4 rings (SSSR count). The van der Waals surface area contributed by atoms with E-state index in [1.165, 1.54) is 36.4 Å². The van der Waals surface area contributed by atoms with Gasteiger partial charge in [0.2, 0.25) is 0 Å². The summed E-state index contributed by atoms with van der Waals surface area (Å²) in [6.45, 7) is 1.88. The largest absolute Gasteiger partial charge is 0.478 e. The van der Waals surface area contributed by atoms with E-state index in [1.54, 1.807) is 4.90 Å². The van der Waals surface area contributed by atoms with E-state index in [0.29, 0.717) is 18.7 Å². The van der Waals surface area contributed by atoms with Gasteiger partial charge in [0, 0.05) is 36.5 Å². The Kier molecular flexibility index (Phi) is 5.27. The lowest BCUT2D eigenvalue weighted by atomic mass is 9.82. The van der Waals surface area contributed by atoms with Gasteiger partial charge in [0.25, 0.3) is 5.91 Å². The molecule has 0 aliphatic carbocycles. The third-order valence-corrected chi connectivity index (χ3v) is 6.11. The van der Waals surface area contributed by atoms with Crippen molar-refractivity contribution in [2.75, 3.05) is 19.6 Å². The second-order valence-electron chi connectivity index (χ2n) is 7.79. The molecule has 2 aliphatic heterocycles. The Bertz CT molecular complexity index is 942. The molecule has 2 fully saturated rings. The van der Waals surface area contributed by atoms with Crippen molar-refractivity contribution in [1.29, 1.82) is 0 Å². The molecule has 0 bridgehead atoms. The number of nitrogens with zero attached hydrogens (tertiary/aromatic N) is 1. The molecule has 0 unspecified atom stereocenters. The molecule has 0 saturated carbocycles. The van der Waals surface area contributed by atoms with E-state index in [9.17, 15) is 22.8 Å². The van der Waals surface area contributed by atoms with Crippen LogP contribution in [-0.4, -0.2) is 47.6 Å². The predicted octanol–water partition coefficient (Wildman–Crippen LogP) is 3.62. The molecule has 0 radical (unpaired) electrons. The average Bonchev–Trinajstić information content (AvgIpc) is 3.12. The number of carboxylic acids is 1. The number of fused-ring (bicyclic) bond motifs is 1. The van der Waals surface area contributed by atoms with Crippen LogP contribution in [0.4, 0.5) is 13.2 Å². The van der Waals surface area contributed by atoms with Crippen LogP contribution in [0.15, 0.2) is 48.5 Å². The fourth-order valence-corrected chi connectivity index (χ4v) is 4.58. The first-order chi connectivity index (χ1) is 14.3. The van der Waals surface area contributed by atoms with E-state index >= 15 is 0 Å². The third kappa shape index (κ3) is 3.79. The number of hydrogen-bond donors (Lipinski definition) is 2. The Labute approximate surface area is 171 Å². The lowest BCUT2D eigenvalue weighted by Gasteiger charge is -2.33. The van der Waals surface area contributed by atoms with Crippen LogP contribution in [0.2, 0.25) is 0 Å². The minimum atomic E-state index is -4.38. The van der Waals surface area contributed by atoms with E-state index in [0.717, 1.165) is 30.7 Å². The van der Waals surface area contributed by atoms with Crippen molar-refractivity contribution >= 4 is 11.9 Å². The van der Waals surface area contributed by atoms with Crippen LogP contribution in [0.3, 0.4) is 0 Å². The van der Waals surface area contributed by atoms with E-state index in [2.05, 4.69) is 5.32 Å². The number of carbonyl (C=O) groups excluding carboxylic acids is 1. The maximum Gasteiger partial charge on any atom is 0.416 e. The predicted molar refractivity (Wildman–Crippen MR) is 103 cm³/mol. The van der Waals surface area contributed by atoms with Crippen molar-refractivity contribution in [2.24, 2.45) is 5.92 Å². The molecule has 2 aromatic carbocycles. The number of halogens is 3. The van der Waals surface area contributed by atoms with Crippen molar-refractivity contribution < 1.29 is 27.9 Å². The van der Waals surface area contributed by atoms with Gasteiger partial charge < -0.3 is 15.3 Å². The second kappa shape index (κ2) is 7.75. The van der Waals surface area contributed by atoms with Gasteiger partial charge >= 0.3 is 12.1 Å². The van der Waals surface area contributed by atoms with E-state index in [4.69, 9.17) is 5.11 Å². The highest BCUT2D eigenvalue weighted by atomic mass is 19.4. The number of amides is 1.